The fourth-order valence-corrected chi connectivity index (χ4v) is 7.42. The lowest BCUT2D eigenvalue weighted by molar-refractivity contribution is 0.0684. The third-order valence-corrected chi connectivity index (χ3v) is 10.1. The minimum atomic E-state index is -3.95. The molecule has 0 radical (unpaired) electrons. The highest BCUT2D eigenvalue weighted by atomic mass is 35.5. The van der Waals surface area contributed by atoms with E-state index in [4.69, 9.17) is 39.5 Å². The molecule has 1 aromatic heterocycles. The number of aromatic amines is 1. The molecular weight excluding hydrogens is 683 g/mol. The van der Waals surface area contributed by atoms with Gasteiger partial charge in [0.05, 0.1) is 41.4 Å². The van der Waals surface area contributed by atoms with Crippen LogP contribution in [0.5, 0.6) is 5.75 Å². The summed E-state index contributed by atoms with van der Waals surface area (Å²) in [5.41, 5.74) is -0.723. The number of ether oxygens (including phenoxy) is 1. The molecular formula is C31H28Cl3F2N5O4S. The van der Waals surface area contributed by atoms with E-state index < -0.39 is 34.1 Å². The standard InChI is InChI=1S/C31H28Cl3F2N5O4S/c1-16(2)39-10-5-11-40(30(39)44)22-12-17-15-41(21(8-9-37)18(17)13-23(22)45-3)29(43)26-24(14-25(31(34,35)36)38-28(26)42)46-27-19(32)6-4-7-20(27)33/h4,6-7,12-14,16,21H,5,8,10-11,15H2,1-3H3,(H,38,42). The normalized spacial score (nSPS) is 16.6. The van der Waals surface area contributed by atoms with Crippen LogP contribution in [-0.4, -0.2) is 53.0 Å². The van der Waals surface area contributed by atoms with Crippen molar-refractivity contribution in [2.75, 3.05) is 25.1 Å². The quantitative estimate of drug-likeness (QED) is 0.239. The molecule has 0 saturated carbocycles. The van der Waals surface area contributed by atoms with E-state index in [0.29, 0.717) is 35.7 Å². The molecule has 9 nitrogen and oxygen atoms in total. The maximum atomic E-state index is 14.3. The maximum absolute atomic E-state index is 14.3. The van der Waals surface area contributed by atoms with Crippen molar-refractivity contribution in [2.45, 2.75) is 60.5 Å². The largest absolute Gasteiger partial charge is 0.495 e. The summed E-state index contributed by atoms with van der Waals surface area (Å²) in [6.45, 7) is 4.92. The Morgan fingerprint density at radius 2 is 1.89 bits per heavy atom. The number of aromatic nitrogens is 1. The van der Waals surface area contributed by atoms with Crippen LogP contribution in [0.25, 0.3) is 0 Å². The highest BCUT2D eigenvalue weighted by Crippen LogP contribution is 2.45. The van der Waals surface area contributed by atoms with Gasteiger partial charge in [-0.25, -0.2) is 4.79 Å². The molecule has 46 heavy (non-hydrogen) atoms. The van der Waals surface area contributed by atoms with Crippen LogP contribution in [0, 0.1) is 11.3 Å². The molecule has 3 aromatic rings. The highest BCUT2D eigenvalue weighted by molar-refractivity contribution is 7.99. The number of rotatable bonds is 8. The van der Waals surface area contributed by atoms with E-state index >= 15 is 0 Å². The smallest absolute Gasteiger partial charge is 0.362 e. The lowest BCUT2D eigenvalue weighted by Crippen LogP contribution is -2.52. The van der Waals surface area contributed by atoms with Gasteiger partial charge < -0.3 is 19.5 Å². The van der Waals surface area contributed by atoms with Gasteiger partial charge in [-0.3, -0.25) is 14.5 Å². The van der Waals surface area contributed by atoms with Crippen molar-refractivity contribution in [3.63, 3.8) is 0 Å². The second kappa shape index (κ2) is 13.3. The molecule has 0 spiro atoms. The van der Waals surface area contributed by atoms with E-state index in [2.05, 4.69) is 6.07 Å². The number of amides is 3. The Bertz CT molecular complexity index is 1790. The second-order valence-corrected chi connectivity index (χ2v) is 13.4. The number of fused-ring (bicyclic) bond motifs is 1. The summed E-state index contributed by atoms with van der Waals surface area (Å²) in [7, 11) is 1.47. The Morgan fingerprint density at radius 3 is 2.50 bits per heavy atom. The average Bonchev–Trinajstić information content (AvgIpc) is 3.34. The van der Waals surface area contributed by atoms with Crippen molar-refractivity contribution in [2.24, 2.45) is 0 Å². The molecule has 3 amide bonds. The van der Waals surface area contributed by atoms with E-state index in [1.807, 2.05) is 18.8 Å². The lowest BCUT2D eigenvalue weighted by Gasteiger charge is -2.38. The number of H-pyrrole nitrogens is 1. The van der Waals surface area contributed by atoms with Gasteiger partial charge >= 0.3 is 11.4 Å². The Labute approximate surface area is 282 Å². The number of alkyl halides is 3. The number of carbonyl (C=O) groups is 2. The number of benzene rings is 2. The predicted octanol–water partition coefficient (Wildman–Crippen LogP) is 7.78. The van der Waals surface area contributed by atoms with Crippen LogP contribution in [0.1, 0.15) is 59.9 Å². The number of urea groups is 1. The first-order valence-electron chi connectivity index (χ1n) is 14.2. The molecule has 0 bridgehead atoms. The fourth-order valence-electron chi connectivity index (χ4n) is 5.68. The van der Waals surface area contributed by atoms with Gasteiger partial charge in [-0.15, -0.1) is 0 Å². The topological polar surface area (TPSA) is 110 Å². The van der Waals surface area contributed by atoms with Crippen molar-refractivity contribution >= 4 is 64.2 Å². The Kier molecular flexibility index (Phi) is 9.80. The van der Waals surface area contributed by atoms with Crippen LogP contribution in [0.2, 0.25) is 10.0 Å². The number of nitrogens with zero attached hydrogens (tertiary/aromatic N) is 4. The van der Waals surface area contributed by atoms with Gasteiger partial charge in [0, 0.05) is 35.5 Å². The van der Waals surface area contributed by atoms with Crippen molar-refractivity contribution in [1.82, 2.24) is 14.8 Å². The van der Waals surface area contributed by atoms with Crippen LogP contribution in [0.15, 0.2) is 51.0 Å². The summed E-state index contributed by atoms with van der Waals surface area (Å²) in [4.78, 5) is 47.9. The monoisotopic (exact) mass is 709 g/mol. The summed E-state index contributed by atoms with van der Waals surface area (Å²) >= 11 is 18.7. The van der Waals surface area contributed by atoms with Crippen LogP contribution in [0.3, 0.4) is 0 Å². The Hall–Kier alpha value is -3.50. The molecule has 2 aliphatic heterocycles. The summed E-state index contributed by atoms with van der Waals surface area (Å²) < 4.78 is 34.1. The number of hydrogen-bond acceptors (Lipinski definition) is 6. The third kappa shape index (κ3) is 6.38. The molecule has 0 aliphatic carbocycles. The minimum absolute atomic E-state index is 0.0141. The van der Waals surface area contributed by atoms with Crippen molar-refractivity contribution in [1.29, 1.82) is 5.26 Å². The zero-order valence-electron chi connectivity index (χ0n) is 24.9. The lowest BCUT2D eigenvalue weighted by atomic mass is 10.0. The Morgan fingerprint density at radius 1 is 1.20 bits per heavy atom. The molecule has 2 aliphatic rings. The van der Waals surface area contributed by atoms with E-state index in [1.165, 1.54) is 24.1 Å². The molecule has 5 rings (SSSR count). The molecule has 1 atom stereocenters. The fraction of sp³-hybridized carbons (Fsp3) is 0.355. The molecule has 1 unspecified atom stereocenters. The molecule has 2 aromatic carbocycles. The molecule has 3 heterocycles. The highest BCUT2D eigenvalue weighted by Gasteiger charge is 2.40. The first kappa shape index (κ1) is 33.9. The van der Waals surface area contributed by atoms with Gasteiger partial charge in [0.1, 0.15) is 17.0 Å². The number of halogens is 5. The van der Waals surface area contributed by atoms with Gasteiger partial charge in [0.25, 0.3) is 11.5 Å². The number of methoxy groups -OCH3 is 1. The number of carbonyl (C=O) groups excluding carboxylic acids is 2. The molecule has 1 fully saturated rings. The number of anilines is 1. The number of pyridine rings is 1. The molecule has 15 heteroatoms. The van der Waals surface area contributed by atoms with Crippen LogP contribution in [-0.2, 0) is 11.9 Å². The van der Waals surface area contributed by atoms with E-state index in [-0.39, 0.29) is 44.9 Å². The Balaban J connectivity index is 1.59. The van der Waals surface area contributed by atoms with E-state index in [9.17, 15) is 28.4 Å². The zero-order chi connectivity index (χ0) is 33.5. The minimum Gasteiger partial charge on any atom is -0.495 e. The zero-order valence-corrected chi connectivity index (χ0v) is 28.0. The number of hydrogen-bond donors (Lipinski definition) is 1. The second-order valence-electron chi connectivity index (χ2n) is 11.0. The van der Waals surface area contributed by atoms with Crippen molar-refractivity contribution in [3.8, 4) is 11.8 Å². The van der Waals surface area contributed by atoms with E-state index in [0.717, 1.165) is 24.2 Å². The number of nitrogens with one attached hydrogen (secondary N) is 1. The SMILES string of the molecule is COc1cc2c(cc1N1CCCN(C(C)C)C1=O)CN(C(=O)c1c(Sc3c(Cl)cccc3Cl)cc(C(F)(F)Cl)[nH]c1=O)C2CC#N. The molecule has 242 valence electrons. The van der Waals surface area contributed by atoms with Gasteiger partial charge in [-0.1, -0.05) is 41.0 Å². The first-order valence-corrected chi connectivity index (χ1v) is 16.1. The van der Waals surface area contributed by atoms with Crippen LogP contribution < -0.4 is 15.2 Å². The van der Waals surface area contributed by atoms with Crippen molar-refractivity contribution < 1.29 is 23.1 Å². The maximum Gasteiger partial charge on any atom is 0.362 e. The van der Waals surface area contributed by atoms with Crippen molar-refractivity contribution in [3.05, 3.63) is 79.2 Å². The van der Waals surface area contributed by atoms with Crippen LogP contribution >= 0.6 is 46.6 Å². The molecule has 1 saturated heterocycles. The summed E-state index contributed by atoms with van der Waals surface area (Å²) in [6, 6.07) is 10.1. The number of nitriles is 1. The summed E-state index contributed by atoms with van der Waals surface area (Å²) in [5.74, 6) is -0.431. The van der Waals surface area contributed by atoms with E-state index in [1.54, 1.807) is 28.0 Å². The molecule has 1 N–H and O–H groups in total. The third-order valence-electron chi connectivity index (χ3n) is 7.88. The van der Waals surface area contributed by atoms with Gasteiger partial charge in [0.15, 0.2) is 0 Å². The van der Waals surface area contributed by atoms with Gasteiger partial charge in [-0.2, -0.15) is 14.0 Å². The predicted molar refractivity (Wildman–Crippen MR) is 172 cm³/mol. The van der Waals surface area contributed by atoms with Gasteiger partial charge in [-0.05, 0) is 73.3 Å². The average molecular weight is 711 g/mol. The van der Waals surface area contributed by atoms with Gasteiger partial charge in [0.2, 0.25) is 0 Å². The summed E-state index contributed by atoms with van der Waals surface area (Å²) in [5, 5.41) is 6.14. The van der Waals surface area contributed by atoms with Crippen LogP contribution in [0.4, 0.5) is 19.3 Å². The summed E-state index contributed by atoms with van der Waals surface area (Å²) in [6.07, 6.45) is 0.599. The first-order chi connectivity index (χ1) is 21.8.